The molecule has 1 aliphatic rings. The molecule has 1 heterocycles. The minimum atomic E-state index is -6.65. The maximum absolute atomic E-state index is 13.5. The van der Waals surface area contributed by atoms with E-state index >= 15 is 0 Å². The van der Waals surface area contributed by atoms with E-state index in [0.717, 1.165) is 0 Å². The molecule has 0 radical (unpaired) electrons. The fraction of sp³-hybridized carbons (Fsp3) is 0.364. The number of alkyl halides is 7. The van der Waals surface area contributed by atoms with E-state index in [0.29, 0.717) is 12.1 Å². The third kappa shape index (κ3) is 3.12. The normalized spacial score (nSPS) is 20.0. The molecule has 0 aromatic heterocycles. The molecule has 0 fully saturated rings. The van der Waals surface area contributed by atoms with Crippen molar-refractivity contribution >= 4 is 38.9 Å². The fourth-order valence-electron chi connectivity index (χ4n) is 1.88. The van der Waals surface area contributed by atoms with E-state index in [9.17, 15) is 43.9 Å². The third-order valence-corrected chi connectivity index (χ3v) is 5.84. The molecule has 1 aromatic carbocycles. The van der Waals surface area contributed by atoms with Crippen LogP contribution in [0, 0.1) is 0 Å². The highest BCUT2D eigenvalue weighted by atomic mass is 32.2. The van der Waals surface area contributed by atoms with Crippen molar-refractivity contribution in [1.82, 2.24) is 0 Å². The monoisotopic (exact) mass is 412 g/mol. The molecule has 5 nitrogen and oxygen atoms in total. The summed E-state index contributed by atoms with van der Waals surface area (Å²) < 4.78 is 113. The summed E-state index contributed by atoms with van der Waals surface area (Å²) in [5.74, 6) is -7.93. The summed E-state index contributed by atoms with van der Waals surface area (Å²) in [5, 5.41) is -3.96. The van der Waals surface area contributed by atoms with Gasteiger partial charge < -0.3 is 11.1 Å². The van der Waals surface area contributed by atoms with Gasteiger partial charge in [-0.1, -0.05) is 0 Å². The second-order valence-electron chi connectivity index (χ2n) is 4.78. The number of nitrogens with one attached hydrogen (secondary N) is 1. The average Bonchev–Trinajstić information content (AvgIpc) is 2.43. The number of nitrogens with two attached hydrogens (primary N) is 1. The number of halogens is 7. The molecule has 0 aliphatic carbocycles. The van der Waals surface area contributed by atoms with Gasteiger partial charge in [0.15, 0.2) is 0 Å². The molecule has 0 spiro atoms. The molecule has 0 saturated heterocycles. The van der Waals surface area contributed by atoms with E-state index in [2.05, 4.69) is 0 Å². The van der Waals surface area contributed by atoms with Crippen LogP contribution >= 0.6 is 0 Å². The quantitative estimate of drug-likeness (QED) is 0.589. The van der Waals surface area contributed by atoms with Crippen LogP contribution < -0.4 is 11.1 Å². The average molecular weight is 412 g/mol. The highest BCUT2D eigenvalue weighted by Crippen LogP contribution is 2.50. The predicted molar refractivity (Wildman–Crippen MR) is 73.1 cm³/mol. The van der Waals surface area contributed by atoms with Gasteiger partial charge in [0.1, 0.15) is 16.6 Å². The first-order valence-corrected chi connectivity index (χ1v) is 8.53. The van der Waals surface area contributed by atoms with Crippen molar-refractivity contribution in [2.45, 2.75) is 27.1 Å². The Morgan fingerprint density at radius 3 is 2.20 bits per heavy atom. The summed E-state index contributed by atoms with van der Waals surface area (Å²) in [6, 6.07) is 0.918. The van der Waals surface area contributed by atoms with Crippen LogP contribution in [0.5, 0.6) is 0 Å². The molecule has 25 heavy (non-hydrogen) atoms. The van der Waals surface area contributed by atoms with Gasteiger partial charge in [0.25, 0.3) is 0 Å². The van der Waals surface area contributed by atoms with Gasteiger partial charge in [-0.2, -0.15) is 30.7 Å². The number of nitrogen functional groups attached to an aromatic ring is 1. The van der Waals surface area contributed by atoms with Crippen LogP contribution in [0.3, 0.4) is 0 Å². The first kappa shape index (κ1) is 19.6. The van der Waals surface area contributed by atoms with Crippen LogP contribution in [0.2, 0.25) is 0 Å². The Labute approximate surface area is 139 Å². The zero-order valence-corrected chi connectivity index (χ0v) is 13.3. The Hall–Kier alpha value is -1.70. The van der Waals surface area contributed by atoms with Crippen molar-refractivity contribution in [2.75, 3.05) is 16.8 Å². The van der Waals surface area contributed by atoms with Gasteiger partial charge in [-0.25, -0.2) is 4.21 Å². The zero-order valence-electron chi connectivity index (χ0n) is 11.6. The lowest BCUT2D eigenvalue weighted by Gasteiger charge is -2.28. The van der Waals surface area contributed by atoms with Gasteiger partial charge in [-0.05, 0) is 12.1 Å². The Kier molecular flexibility index (Phi) is 4.66. The number of benzene rings is 1. The Bertz CT molecular complexity index is 795. The number of anilines is 2. The first-order valence-electron chi connectivity index (χ1n) is 6.06. The van der Waals surface area contributed by atoms with Gasteiger partial charge in [0.2, 0.25) is 5.91 Å². The van der Waals surface area contributed by atoms with E-state index in [4.69, 9.17) is 5.73 Å². The lowest BCUT2D eigenvalue weighted by Crippen LogP contribution is -2.54. The van der Waals surface area contributed by atoms with Crippen LogP contribution in [0.1, 0.15) is 0 Å². The molecule has 0 bridgehead atoms. The van der Waals surface area contributed by atoms with E-state index < -0.39 is 66.9 Å². The second kappa shape index (κ2) is 5.93. The third-order valence-electron chi connectivity index (χ3n) is 3.02. The van der Waals surface area contributed by atoms with Crippen molar-refractivity contribution in [3.05, 3.63) is 12.1 Å². The van der Waals surface area contributed by atoms with Crippen molar-refractivity contribution in [3.63, 3.8) is 0 Å². The lowest BCUT2D eigenvalue weighted by atomic mass is 10.2. The molecular weight excluding hydrogens is 405 g/mol. The summed E-state index contributed by atoms with van der Waals surface area (Å²) in [6.07, 6.45) is -6.65. The van der Waals surface area contributed by atoms with E-state index in [1.54, 1.807) is 0 Å². The first-order chi connectivity index (χ1) is 11.2. The largest absolute Gasteiger partial charge is 0.461 e. The van der Waals surface area contributed by atoms with Crippen molar-refractivity contribution < 1.29 is 43.9 Å². The number of carbonyl (C=O) groups excluding carboxylic acids is 1. The SMILES string of the molecule is Nc1cc(S(=O)C(F)(F)C(F)(F)C(F)(F)F)cc2c1S(=O)CC(=O)N2. The number of hydrogen-bond acceptors (Lipinski definition) is 4. The van der Waals surface area contributed by atoms with Crippen LogP contribution in [-0.2, 0) is 26.4 Å². The summed E-state index contributed by atoms with van der Waals surface area (Å²) in [4.78, 5) is 9.86. The molecule has 0 saturated carbocycles. The van der Waals surface area contributed by atoms with E-state index in [1.807, 2.05) is 5.32 Å². The molecule has 2 rings (SSSR count). The van der Waals surface area contributed by atoms with Gasteiger partial charge in [-0.15, -0.1) is 0 Å². The molecule has 2 unspecified atom stereocenters. The Balaban J connectivity index is 2.54. The van der Waals surface area contributed by atoms with Crippen molar-refractivity contribution in [1.29, 1.82) is 0 Å². The lowest BCUT2D eigenvalue weighted by molar-refractivity contribution is -0.331. The molecule has 2 atom stereocenters. The van der Waals surface area contributed by atoms with E-state index in [-0.39, 0.29) is 4.90 Å². The summed E-state index contributed by atoms with van der Waals surface area (Å²) in [5.41, 5.74) is 4.42. The summed E-state index contributed by atoms with van der Waals surface area (Å²) in [7, 11) is -6.16. The van der Waals surface area contributed by atoms with Crippen LogP contribution in [-0.4, -0.2) is 37.4 Å². The van der Waals surface area contributed by atoms with Gasteiger partial charge in [0.05, 0.1) is 27.1 Å². The van der Waals surface area contributed by atoms with Crippen LogP contribution in [0.25, 0.3) is 0 Å². The summed E-state index contributed by atoms with van der Waals surface area (Å²) in [6.45, 7) is 0. The van der Waals surface area contributed by atoms with Crippen LogP contribution in [0.15, 0.2) is 21.9 Å². The maximum Gasteiger partial charge on any atom is 0.461 e. The molecule has 1 aliphatic heterocycles. The highest BCUT2D eigenvalue weighted by molar-refractivity contribution is 7.86. The molecular formula is C11H7F7N2O3S2. The molecule has 14 heteroatoms. The second-order valence-corrected chi connectivity index (χ2v) is 7.69. The molecule has 3 N–H and O–H groups in total. The van der Waals surface area contributed by atoms with Gasteiger partial charge in [-0.3, -0.25) is 9.00 Å². The Morgan fingerprint density at radius 1 is 1.12 bits per heavy atom. The summed E-state index contributed by atoms with van der Waals surface area (Å²) >= 11 is 0. The standard InChI is InChI=1S/C11H7F7N2O3S2/c12-9(13,10(14,15)16)11(17,18)25(23)4-1-5(19)8-6(2-4)20-7(21)3-24(8)22/h1-2H,3,19H2,(H,20,21). The van der Waals surface area contributed by atoms with Crippen molar-refractivity contribution in [2.24, 2.45) is 0 Å². The van der Waals surface area contributed by atoms with Crippen LogP contribution in [0.4, 0.5) is 42.1 Å². The van der Waals surface area contributed by atoms with E-state index in [1.165, 1.54) is 0 Å². The zero-order chi connectivity index (χ0) is 19.4. The fourth-order valence-corrected chi connectivity index (χ4v) is 4.12. The number of fused-ring (bicyclic) bond motifs is 1. The molecule has 140 valence electrons. The topological polar surface area (TPSA) is 89.3 Å². The van der Waals surface area contributed by atoms with Gasteiger partial charge in [0, 0.05) is 4.90 Å². The number of amides is 1. The minimum Gasteiger partial charge on any atom is -0.398 e. The number of carbonyl (C=O) groups is 1. The predicted octanol–water partition coefficient (Wildman–Crippen LogP) is 2.23. The smallest absolute Gasteiger partial charge is 0.398 e. The number of hydrogen-bond donors (Lipinski definition) is 2. The molecule has 1 aromatic rings. The number of rotatable bonds is 3. The highest BCUT2D eigenvalue weighted by Gasteiger charge is 2.76. The molecule has 1 amide bonds. The van der Waals surface area contributed by atoms with Crippen molar-refractivity contribution in [3.8, 4) is 0 Å². The minimum absolute atomic E-state index is 0.230. The Morgan fingerprint density at radius 2 is 1.68 bits per heavy atom. The maximum atomic E-state index is 13.5. The van der Waals surface area contributed by atoms with Gasteiger partial charge >= 0.3 is 17.4 Å².